The fourth-order valence-electron chi connectivity index (χ4n) is 2.68. The molecule has 27 heavy (non-hydrogen) atoms. The fraction of sp³-hybridized carbons (Fsp3) is 0.190. The van der Waals surface area contributed by atoms with Crippen molar-refractivity contribution in [3.8, 4) is 17.1 Å². The Kier molecular flexibility index (Phi) is 5.99. The predicted octanol–water partition coefficient (Wildman–Crippen LogP) is 3.37. The molecule has 0 atom stereocenters. The summed E-state index contributed by atoms with van der Waals surface area (Å²) in [4.78, 5) is 24.1. The number of phenolic OH excluding ortho intramolecular Hbond substituents is 1. The lowest BCUT2D eigenvalue weighted by molar-refractivity contribution is -0.118. The second-order valence-electron chi connectivity index (χ2n) is 6.19. The first kappa shape index (κ1) is 18.4. The van der Waals surface area contributed by atoms with Gasteiger partial charge in [0.2, 0.25) is 0 Å². The summed E-state index contributed by atoms with van der Waals surface area (Å²) in [5.74, 6) is 0.404. The Labute approximate surface area is 156 Å². The Morgan fingerprint density at radius 3 is 2.63 bits per heavy atom. The van der Waals surface area contributed by atoms with Crippen molar-refractivity contribution in [3.05, 3.63) is 71.9 Å². The van der Waals surface area contributed by atoms with Crippen molar-refractivity contribution in [1.82, 2.24) is 10.5 Å². The zero-order valence-electron chi connectivity index (χ0n) is 14.7. The van der Waals surface area contributed by atoms with Crippen molar-refractivity contribution < 1.29 is 19.2 Å². The first-order valence-electron chi connectivity index (χ1n) is 8.72. The molecule has 6 nitrogen and oxygen atoms in total. The van der Waals surface area contributed by atoms with Crippen LogP contribution >= 0.6 is 0 Å². The Morgan fingerprint density at radius 1 is 1.04 bits per heavy atom. The third-order valence-electron chi connectivity index (χ3n) is 4.03. The van der Waals surface area contributed by atoms with Crippen LogP contribution in [-0.4, -0.2) is 28.5 Å². The molecule has 0 unspecified atom stereocenters. The minimum absolute atomic E-state index is 0.0580. The zero-order chi connectivity index (χ0) is 19.1. The molecule has 0 radical (unpaired) electrons. The number of rotatable bonds is 8. The summed E-state index contributed by atoms with van der Waals surface area (Å²) in [5.41, 5.74) is 1.83. The highest BCUT2D eigenvalue weighted by Crippen LogP contribution is 2.19. The summed E-state index contributed by atoms with van der Waals surface area (Å²) in [6, 6.07) is 17.7. The number of aromatic hydroxyl groups is 1. The lowest BCUT2D eigenvalue weighted by Crippen LogP contribution is -2.25. The molecule has 0 spiro atoms. The lowest BCUT2D eigenvalue weighted by Gasteiger charge is -2.04. The van der Waals surface area contributed by atoms with Crippen LogP contribution in [0.2, 0.25) is 0 Å². The largest absolute Gasteiger partial charge is 0.508 e. The molecule has 138 valence electrons. The predicted molar refractivity (Wildman–Crippen MR) is 100 cm³/mol. The topological polar surface area (TPSA) is 92.4 Å². The van der Waals surface area contributed by atoms with Gasteiger partial charge < -0.3 is 14.9 Å². The van der Waals surface area contributed by atoms with Gasteiger partial charge in [-0.2, -0.15) is 0 Å². The van der Waals surface area contributed by atoms with Crippen LogP contribution in [-0.2, 0) is 11.2 Å². The van der Waals surface area contributed by atoms with E-state index in [0.717, 1.165) is 11.1 Å². The van der Waals surface area contributed by atoms with E-state index in [-0.39, 0.29) is 29.6 Å². The molecule has 0 saturated heterocycles. The Morgan fingerprint density at radius 2 is 1.85 bits per heavy atom. The molecule has 1 amide bonds. The summed E-state index contributed by atoms with van der Waals surface area (Å²) < 4.78 is 5.21. The Hall–Kier alpha value is -3.41. The molecule has 0 bridgehead atoms. The maximum atomic E-state index is 12.1. The van der Waals surface area contributed by atoms with Gasteiger partial charge in [-0.1, -0.05) is 47.6 Å². The summed E-state index contributed by atoms with van der Waals surface area (Å²) in [7, 11) is 0. The smallest absolute Gasteiger partial charge is 0.273 e. The fourth-order valence-corrected chi connectivity index (χ4v) is 2.68. The van der Waals surface area contributed by atoms with Crippen LogP contribution in [0.1, 0.15) is 28.9 Å². The summed E-state index contributed by atoms with van der Waals surface area (Å²) >= 11 is 0. The zero-order valence-corrected chi connectivity index (χ0v) is 14.7. The van der Waals surface area contributed by atoms with Crippen LogP contribution in [0, 0.1) is 0 Å². The Balaban J connectivity index is 1.42. The van der Waals surface area contributed by atoms with Crippen molar-refractivity contribution in [3.63, 3.8) is 0 Å². The van der Waals surface area contributed by atoms with Gasteiger partial charge >= 0.3 is 0 Å². The number of hydrogen-bond donors (Lipinski definition) is 2. The van der Waals surface area contributed by atoms with E-state index in [0.29, 0.717) is 25.1 Å². The van der Waals surface area contributed by atoms with Crippen LogP contribution in [0.15, 0.2) is 65.2 Å². The second kappa shape index (κ2) is 8.80. The van der Waals surface area contributed by atoms with E-state index in [1.807, 2.05) is 30.3 Å². The summed E-state index contributed by atoms with van der Waals surface area (Å²) in [6.45, 7) is 0.373. The summed E-state index contributed by atoms with van der Waals surface area (Å²) in [5, 5.41) is 15.9. The molecule has 3 aromatic rings. The number of aromatic nitrogens is 1. The minimum atomic E-state index is -0.332. The van der Waals surface area contributed by atoms with E-state index < -0.39 is 0 Å². The van der Waals surface area contributed by atoms with Crippen molar-refractivity contribution in [2.45, 2.75) is 19.3 Å². The quantitative estimate of drug-likeness (QED) is 0.598. The number of ketones is 1. The number of nitrogens with one attached hydrogen (secondary N) is 1. The first-order valence-corrected chi connectivity index (χ1v) is 8.72. The van der Waals surface area contributed by atoms with Gasteiger partial charge in [-0.05, 0) is 24.1 Å². The van der Waals surface area contributed by atoms with E-state index in [9.17, 15) is 14.7 Å². The minimum Gasteiger partial charge on any atom is -0.508 e. The van der Waals surface area contributed by atoms with E-state index >= 15 is 0 Å². The summed E-state index contributed by atoms with van der Waals surface area (Å²) in [6.07, 6.45) is 1.16. The van der Waals surface area contributed by atoms with E-state index in [4.69, 9.17) is 4.52 Å². The third kappa shape index (κ3) is 5.28. The average molecular weight is 364 g/mol. The highest BCUT2D eigenvalue weighted by atomic mass is 16.5. The number of carbonyl (C=O) groups is 2. The van der Waals surface area contributed by atoms with Crippen molar-refractivity contribution in [2.24, 2.45) is 0 Å². The number of carbonyl (C=O) groups excluding carboxylic acids is 2. The molecular weight excluding hydrogens is 344 g/mol. The van der Waals surface area contributed by atoms with Gasteiger partial charge in [0.1, 0.15) is 11.5 Å². The molecule has 0 aliphatic heterocycles. The van der Waals surface area contributed by atoms with Gasteiger partial charge in [0, 0.05) is 31.0 Å². The van der Waals surface area contributed by atoms with Gasteiger partial charge in [-0.25, -0.2) is 0 Å². The van der Waals surface area contributed by atoms with Gasteiger partial charge in [0.25, 0.3) is 5.91 Å². The van der Waals surface area contributed by atoms with Gasteiger partial charge in [-0.3, -0.25) is 9.59 Å². The lowest BCUT2D eigenvalue weighted by atomic mass is 10.1. The molecule has 6 heteroatoms. The normalized spacial score (nSPS) is 10.5. The van der Waals surface area contributed by atoms with Crippen LogP contribution in [0.5, 0.6) is 5.75 Å². The monoisotopic (exact) mass is 364 g/mol. The van der Waals surface area contributed by atoms with Gasteiger partial charge in [-0.15, -0.1) is 0 Å². The number of phenols is 1. The maximum Gasteiger partial charge on any atom is 0.273 e. The van der Waals surface area contributed by atoms with Gasteiger partial charge in [0.15, 0.2) is 11.5 Å². The molecule has 2 aromatic carbocycles. The average Bonchev–Trinajstić information content (AvgIpc) is 3.16. The second-order valence-corrected chi connectivity index (χ2v) is 6.19. The van der Waals surface area contributed by atoms with E-state index in [1.165, 1.54) is 0 Å². The van der Waals surface area contributed by atoms with Crippen molar-refractivity contribution in [1.29, 1.82) is 0 Å². The SMILES string of the molecule is O=C(CCCNC(=O)c1cc(-c2ccccc2)on1)Cc1cccc(O)c1. The van der Waals surface area contributed by atoms with Crippen LogP contribution in [0.4, 0.5) is 0 Å². The number of nitrogens with zero attached hydrogens (tertiary/aromatic N) is 1. The van der Waals surface area contributed by atoms with E-state index in [2.05, 4.69) is 10.5 Å². The molecule has 0 aliphatic rings. The molecule has 0 fully saturated rings. The van der Waals surface area contributed by atoms with Crippen LogP contribution < -0.4 is 5.32 Å². The highest BCUT2D eigenvalue weighted by Gasteiger charge is 2.13. The molecule has 1 heterocycles. The standard InChI is InChI=1S/C21H20N2O4/c24-17-9-4-6-15(12-17)13-18(25)10-5-11-22-21(26)19-14-20(27-23-19)16-7-2-1-3-8-16/h1-4,6-9,12,14,24H,5,10-11,13H2,(H,22,26). The highest BCUT2D eigenvalue weighted by molar-refractivity contribution is 5.93. The molecular formula is C21H20N2O4. The molecule has 3 rings (SSSR count). The number of hydrogen-bond acceptors (Lipinski definition) is 5. The van der Waals surface area contributed by atoms with Crippen molar-refractivity contribution in [2.75, 3.05) is 6.54 Å². The number of Topliss-reactive ketones (excluding diaryl/α,β-unsaturated/α-hetero) is 1. The first-order chi connectivity index (χ1) is 13.1. The molecule has 0 saturated carbocycles. The van der Waals surface area contributed by atoms with E-state index in [1.54, 1.807) is 30.3 Å². The maximum absolute atomic E-state index is 12.1. The molecule has 0 aliphatic carbocycles. The molecule has 2 N–H and O–H groups in total. The van der Waals surface area contributed by atoms with Crippen molar-refractivity contribution >= 4 is 11.7 Å². The molecule has 1 aromatic heterocycles. The van der Waals surface area contributed by atoms with Crippen LogP contribution in [0.3, 0.4) is 0 Å². The number of benzene rings is 2. The third-order valence-corrected chi connectivity index (χ3v) is 4.03. The van der Waals surface area contributed by atoms with Crippen LogP contribution in [0.25, 0.3) is 11.3 Å². The number of amides is 1. The van der Waals surface area contributed by atoms with Gasteiger partial charge in [0.05, 0.1) is 0 Å². The Bertz CT molecular complexity index is 919.